The molecule has 1 aromatic carbocycles. The fraction of sp³-hybridized carbons (Fsp3) is 0.565. The van der Waals surface area contributed by atoms with E-state index in [4.69, 9.17) is 0 Å². The lowest BCUT2D eigenvalue weighted by Gasteiger charge is -2.39. The van der Waals surface area contributed by atoms with Gasteiger partial charge in [-0.1, -0.05) is 53.7 Å². The van der Waals surface area contributed by atoms with E-state index in [-0.39, 0.29) is 23.7 Å². The zero-order valence-corrected chi connectivity index (χ0v) is 19.5. The molecule has 32 heavy (non-hydrogen) atoms. The van der Waals surface area contributed by atoms with Gasteiger partial charge in [-0.15, -0.1) is 0 Å². The number of hydrogen-bond donors (Lipinski definition) is 4. The lowest BCUT2D eigenvalue weighted by molar-refractivity contribution is -0.143. The van der Waals surface area contributed by atoms with E-state index in [2.05, 4.69) is 16.0 Å². The summed E-state index contributed by atoms with van der Waals surface area (Å²) in [5.74, 6) is -2.44. The summed E-state index contributed by atoms with van der Waals surface area (Å²) in [5.41, 5.74) is 1.05. The summed E-state index contributed by atoms with van der Waals surface area (Å²) in [6, 6.07) is 3.62. The summed E-state index contributed by atoms with van der Waals surface area (Å²) in [5, 5.41) is 17.5. The molecule has 4 amide bonds. The largest absolute Gasteiger partial charge is 0.480 e. The standard InChI is InChI=1S/C23H34N4O5/c1-12(2)11-16(20(28)26-18(13(3)4)22(30)31)25-23(32)27-17-10-8-7-9-15(17)24-21(29)19(27)14(5)6/h7-10,12-14,16,18-19H,11H2,1-6H3,(H,24,29)(H,25,32)(H,26,28)(H,30,31)/t16-,18-,19+/m1/s1. The van der Waals surface area contributed by atoms with Crippen molar-refractivity contribution in [3.05, 3.63) is 24.3 Å². The van der Waals surface area contributed by atoms with Crippen LogP contribution in [0.25, 0.3) is 0 Å². The third-order valence-corrected chi connectivity index (χ3v) is 5.37. The molecule has 9 heteroatoms. The highest BCUT2D eigenvalue weighted by molar-refractivity contribution is 6.12. The van der Waals surface area contributed by atoms with Crippen molar-refractivity contribution in [2.24, 2.45) is 17.8 Å². The van der Waals surface area contributed by atoms with Crippen molar-refractivity contribution in [3.8, 4) is 0 Å². The molecule has 1 aliphatic heterocycles. The number of carbonyl (C=O) groups excluding carboxylic acids is 3. The molecule has 0 aromatic heterocycles. The Morgan fingerprint density at radius 2 is 1.69 bits per heavy atom. The van der Waals surface area contributed by atoms with Crippen molar-refractivity contribution in [1.29, 1.82) is 0 Å². The smallest absolute Gasteiger partial charge is 0.326 e. The van der Waals surface area contributed by atoms with Crippen LogP contribution in [0, 0.1) is 17.8 Å². The first-order chi connectivity index (χ1) is 14.9. The summed E-state index contributed by atoms with van der Waals surface area (Å²) >= 11 is 0. The Bertz CT molecular complexity index is 868. The van der Waals surface area contributed by atoms with Crippen molar-refractivity contribution in [3.63, 3.8) is 0 Å². The minimum Gasteiger partial charge on any atom is -0.480 e. The van der Waals surface area contributed by atoms with Gasteiger partial charge in [0.25, 0.3) is 0 Å². The number of carbonyl (C=O) groups is 4. The first-order valence-corrected chi connectivity index (χ1v) is 11.0. The second-order valence-corrected chi connectivity index (χ2v) is 9.27. The number of rotatable bonds is 8. The van der Waals surface area contributed by atoms with Gasteiger partial charge in [0.2, 0.25) is 11.8 Å². The van der Waals surface area contributed by atoms with Crippen LogP contribution in [0.2, 0.25) is 0 Å². The summed E-state index contributed by atoms with van der Waals surface area (Å²) in [7, 11) is 0. The molecule has 4 N–H and O–H groups in total. The van der Waals surface area contributed by atoms with Crippen LogP contribution >= 0.6 is 0 Å². The number of nitrogens with zero attached hydrogens (tertiary/aromatic N) is 1. The van der Waals surface area contributed by atoms with E-state index in [0.29, 0.717) is 17.8 Å². The van der Waals surface area contributed by atoms with Gasteiger partial charge >= 0.3 is 12.0 Å². The second kappa shape index (κ2) is 10.5. The molecule has 0 saturated heterocycles. The minimum absolute atomic E-state index is 0.0613. The van der Waals surface area contributed by atoms with Crippen molar-refractivity contribution in [2.75, 3.05) is 10.2 Å². The molecule has 1 aliphatic rings. The average Bonchev–Trinajstić information content (AvgIpc) is 2.68. The lowest BCUT2D eigenvalue weighted by Crippen LogP contribution is -2.60. The van der Waals surface area contributed by atoms with Gasteiger partial charge < -0.3 is 21.1 Å². The predicted molar refractivity (Wildman–Crippen MR) is 122 cm³/mol. The summed E-state index contributed by atoms with van der Waals surface area (Å²) < 4.78 is 0. The van der Waals surface area contributed by atoms with Gasteiger partial charge in [-0.2, -0.15) is 0 Å². The molecular weight excluding hydrogens is 412 g/mol. The van der Waals surface area contributed by atoms with E-state index in [0.717, 1.165) is 0 Å². The van der Waals surface area contributed by atoms with E-state index in [9.17, 15) is 24.3 Å². The lowest BCUT2D eigenvalue weighted by atomic mass is 9.97. The van der Waals surface area contributed by atoms with Gasteiger partial charge in [0, 0.05) is 0 Å². The monoisotopic (exact) mass is 446 g/mol. The van der Waals surface area contributed by atoms with Crippen molar-refractivity contribution >= 4 is 35.2 Å². The average molecular weight is 447 g/mol. The SMILES string of the molecule is CC(C)C[C@@H](NC(=O)N1c2ccccc2NC(=O)[C@@H]1C(C)C)C(=O)N[C@@H](C(=O)O)C(C)C. The number of benzene rings is 1. The maximum absolute atomic E-state index is 13.4. The quantitative estimate of drug-likeness (QED) is 0.488. The third kappa shape index (κ3) is 5.77. The number of carboxylic acid groups (broad SMARTS) is 1. The van der Waals surface area contributed by atoms with Gasteiger partial charge in [0.05, 0.1) is 11.4 Å². The Labute approximate surface area is 188 Å². The zero-order chi connectivity index (χ0) is 24.2. The Morgan fingerprint density at radius 1 is 1.06 bits per heavy atom. The van der Waals surface area contributed by atoms with Crippen LogP contribution in [0.5, 0.6) is 0 Å². The number of carboxylic acids is 1. The fourth-order valence-corrected chi connectivity index (χ4v) is 3.79. The minimum atomic E-state index is -1.13. The van der Waals surface area contributed by atoms with E-state index >= 15 is 0 Å². The number of para-hydroxylation sites is 2. The highest BCUT2D eigenvalue weighted by Gasteiger charge is 2.40. The molecule has 0 unspecified atom stereocenters. The Kier molecular flexibility index (Phi) is 8.24. The molecule has 2 rings (SSSR count). The topological polar surface area (TPSA) is 128 Å². The van der Waals surface area contributed by atoms with Gasteiger partial charge in [-0.3, -0.25) is 14.5 Å². The van der Waals surface area contributed by atoms with Crippen LogP contribution in [-0.4, -0.2) is 47.0 Å². The summed E-state index contributed by atoms with van der Waals surface area (Å²) in [6.45, 7) is 10.9. The van der Waals surface area contributed by atoms with Crippen LogP contribution in [0.15, 0.2) is 24.3 Å². The van der Waals surface area contributed by atoms with Crippen LogP contribution < -0.4 is 20.9 Å². The number of fused-ring (bicyclic) bond motifs is 1. The summed E-state index contributed by atoms with van der Waals surface area (Å²) in [4.78, 5) is 52.0. The first-order valence-electron chi connectivity index (χ1n) is 11.0. The Morgan fingerprint density at radius 3 is 2.22 bits per heavy atom. The van der Waals surface area contributed by atoms with Gasteiger partial charge in [-0.05, 0) is 36.3 Å². The highest BCUT2D eigenvalue weighted by atomic mass is 16.4. The number of urea groups is 1. The maximum Gasteiger partial charge on any atom is 0.326 e. The number of aliphatic carboxylic acids is 1. The number of hydrogen-bond acceptors (Lipinski definition) is 4. The van der Waals surface area contributed by atoms with Crippen molar-refractivity contribution < 1.29 is 24.3 Å². The molecule has 0 saturated carbocycles. The van der Waals surface area contributed by atoms with Crippen molar-refractivity contribution in [1.82, 2.24) is 10.6 Å². The molecule has 0 aliphatic carbocycles. The third-order valence-electron chi connectivity index (χ3n) is 5.37. The van der Waals surface area contributed by atoms with Crippen molar-refractivity contribution in [2.45, 2.75) is 66.1 Å². The first kappa shape index (κ1) is 25.2. The molecule has 3 atom stereocenters. The molecule has 1 heterocycles. The number of amides is 4. The number of nitrogens with one attached hydrogen (secondary N) is 3. The van der Waals surface area contributed by atoms with E-state index in [1.54, 1.807) is 38.1 Å². The molecule has 176 valence electrons. The molecule has 0 spiro atoms. The maximum atomic E-state index is 13.4. The van der Waals surface area contributed by atoms with Crippen LogP contribution in [0.1, 0.15) is 48.0 Å². The van der Waals surface area contributed by atoms with Crippen LogP contribution in [-0.2, 0) is 14.4 Å². The van der Waals surface area contributed by atoms with E-state index in [1.165, 1.54) is 4.90 Å². The molecule has 0 radical (unpaired) electrons. The van der Waals surface area contributed by atoms with Crippen LogP contribution in [0.4, 0.5) is 16.2 Å². The predicted octanol–water partition coefficient (Wildman–Crippen LogP) is 2.82. The fourth-order valence-electron chi connectivity index (χ4n) is 3.79. The van der Waals surface area contributed by atoms with Gasteiger partial charge in [0.15, 0.2) is 0 Å². The molecule has 1 aromatic rings. The number of anilines is 2. The highest BCUT2D eigenvalue weighted by Crippen LogP contribution is 2.34. The molecule has 9 nitrogen and oxygen atoms in total. The van der Waals surface area contributed by atoms with Gasteiger partial charge in [-0.25, -0.2) is 9.59 Å². The zero-order valence-electron chi connectivity index (χ0n) is 19.5. The Balaban J connectivity index is 2.34. The molecule has 0 fully saturated rings. The summed E-state index contributed by atoms with van der Waals surface area (Å²) in [6.07, 6.45) is 0.316. The normalized spacial score (nSPS) is 17.6. The van der Waals surface area contributed by atoms with Gasteiger partial charge in [0.1, 0.15) is 18.1 Å². The molecule has 0 bridgehead atoms. The van der Waals surface area contributed by atoms with E-state index < -0.39 is 36.0 Å². The molecular formula is C23H34N4O5. The van der Waals surface area contributed by atoms with E-state index in [1.807, 2.05) is 27.7 Å². The van der Waals surface area contributed by atoms with Crippen LogP contribution in [0.3, 0.4) is 0 Å². The second-order valence-electron chi connectivity index (χ2n) is 9.27. The Hall–Kier alpha value is -3.10.